The van der Waals surface area contributed by atoms with E-state index in [9.17, 15) is 4.79 Å². The molecule has 32 heavy (non-hydrogen) atoms. The van der Waals surface area contributed by atoms with E-state index in [2.05, 4.69) is 10.6 Å². The molecule has 4 aromatic rings. The van der Waals surface area contributed by atoms with Crippen LogP contribution >= 0.6 is 11.3 Å². The van der Waals surface area contributed by atoms with Gasteiger partial charge in [-0.2, -0.15) is 0 Å². The molecule has 1 fully saturated rings. The number of nitrogens with two attached hydrogens (primary N) is 1. The fourth-order valence-electron chi connectivity index (χ4n) is 3.44. The summed E-state index contributed by atoms with van der Waals surface area (Å²) >= 11 is 1.23. The Morgan fingerprint density at radius 1 is 1.22 bits per heavy atom. The van der Waals surface area contributed by atoms with E-state index >= 15 is 0 Å². The summed E-state index contributed by atoms with van der Waals surface area (Å²) in [4.78, 5) is 20.2. The highest BCUT2D eigenvalue weighted by Crippen LogP contribution is 2.34. The molecule has 1 aromatic carbocycles. The zero-order valence-electron chi connectivity index (χ0n) is 17.3. The number of rotatable bonds is 5. The van der Waals surface area contributed by atoms with Crippen molar-refractivity contribution in [2.45, 2.75) is 0 Å². The van der Waals surface area contributed by atoms with Crippen LogP contribution in [0.4, 0.5) is 11.6 Å². The van der Waals surface area contributed by atoms with E-state index in [4.69, 9.17) is 24.7 Å². The average Bonchev–Trinajstić information content (AvgIpc) is 3.44. The number of amides is 1. The Bertz CT molecular complexity index is 1260. The molecule has 1 amide bonds. The lowest BCUT2D eigenvalue weighted by molar-refractivity contribution is -0.759. The number of fused-ring (bicyclic) bond motifs is 1. The van der Waals surface area contributed by atoms with Crippen molar-refractivity contribution in [1.82, 2.24) is 10.3 Å². The number of nitrogen functional groups attached to an aromatic ring is 1. The van der Waals surface area contributed by atoms with Crippen molar-refractivity contribution in [2.75, 3.05) is 49.5 Å². The molecule has 11 heteroatoms. The van der Waals surface area contributed by atoms with Gasteiger partial charge in [0.15, 0.2) is 0 Å². The van der Waals surface area contributed by atoms with Gasteiger partial charge in [0.2, 0.25) is 5.27 Å². The highest BCUT2D eigenvalue weighted by molar-refractivity contribution is 7.21. The van der Waals surface area contributed by atoms with Gasteiger partial charge in [0.1, 0.15) is 15.5 Å². The van der Waals surface area contributed by atoms with Crippen molar-refractivity contribution >= 4 is 39.0 Å². The van der Waals surface area contributed by atoms with Gasteiger partial charge < -0.3 is 15.2 Å². The smallest absolute Gasteiger partial charge is 0.306 e. The zero-order valence-corrected chi connectivity index (χ0v) is 18.1. The topological polar surface area (TPSA) is 120 Å². The summed E-state index contributed by atoms with van der Waals surface area (Å²) in [6.45, 7) is 2.61. The molecular formula is C21H21N6O4S+. The van der Waals surface area contributed by atoms with E-state index in [1.54, 1.807) is 18.1 Å². The van der Waals surface area contributed by atoms with Gasteiger partial charge in [0, 0.05) is 10.9 Å². The molecule has 0 atom stereocenters. The number of nitrogens with zero attached hydrogens (tertiary/aromatic N) is 4. The van der Waals surface area contributed by atoms with Crippen molar-refractivity contribution in [3.63, 3.8) is 0 Å². The minimum absolute atomic E-state index is 0.227. The van der Waals surface area contributed by atoms with E-state index in [1.807, 2.05) is 41.4 Å². The van der Waals surface area contributed by atoms with Gasteiger partial charge in [-0.25, -0.2) is 4.98 Å². The number of anilines is 2. The molecule has 0 bridgehead atoms. The van der Waals surface area contributed by atoms with Crippen LogP contribution in [0.15, 0.2) is 47.1 Å². The minimum Gasteiger partial charge on any atom is -0.497 e. The number of nitrogens with one attached hydrogen (secondary N) is 1. The summed E-state index contributed by atoms with van der Waals surface area (Å²) in [6, 6.07) is 11.4. The normalized spacial score (nSPS) is 14.0. The van der Waals surface area contributed by atoms with Gasteiger partial charge in [0.25, 0.3) is 12.1 Å². The largest absolute Gasteiger partial charge is 0.497 e. The Morgan fingerprint density at radius 3 is 2.75 bits per heavy atom. The lowest BCUT2D eigenvalue weighted by Gasteiger charge is -2.18. The predicted molar refractivity (Wildman–Crippen MR) is 119 cm³/mol. The summed E-state index contributed by atoms with van der Waals surface area (Å²) in [5.74, 6) is 0.628. The van der Waals surface area contributed by atoms with Crippen LogP contribution in [0, 0.1) is 0 Å². The number of methoxy groups -OCH3 is 1. The van der Waals surface area contributed by atoms with Gasteiger partial charge in [-0.15, -0.1) is 16.3 Å². The maximum Gasteiger partial charge on any atom is 0.306 e. The van der Waals surface area contributed by atoms with Gasteiger partial charge in [-0.3, -0.25) is 14.6 Å². The van der Waals surface area contributed by atoms with Crippen molar-refractivity contribution < 1.29 is 23.6 Å². The van der Waals surface area contributed by atoms with Gasteiger partial charge in [0.05, 0.1) is 49.6 Å². The van der Waals surface area contributed by atoms with Crippen LogP contribution in [0.25, 0.3) is 21.5 Å². The first-order valence-electron chi connectivity index (χ1n) is 9.99. The second-order valence-corrected chi connectivity index (χ2v) is 8.13. The van der Waals surface area contributed by atoms with E-state index in [1.165, 1.54) is 11.3 Å². The summed E-state index contributed by atoms with van der Waals surface area (Å²) in [5.41, 5.74) is 8.38. The third kappa shape index (κ3) is 3.83. The molecule has 164 valence electrons. The second-order valence-electron chi connectivity index (χ2n) is 7.13. The Labute approximate surface area is 187 Å². The number of carbonyl (C=O) groups excluding carboxylic acids is 1. The maximum atomic E-state index is 12.9. The van der Waals surface area contributed by atoms with E-state index in [-0.39, 0.29) is 11.8 Å². The number of morpholine rings is 1. The molecule has 4 heterocycles. The summed E-state index contributed by atoms with van der Waals surface area (Å²) in [5, 5.41) is 9.37. The Balaban J connectivity index is 1.37. The lowest BCUT2D eigenvalue weighted by Crippen LogP contribution is -2.62. The number of benzene rings is 1. The summed E-state index contributed by atoms with van der Waals surface area (Å²) in [7, 11) is 1.63. The molecular weight excluding hydrogens is 432 g/mol. The summed E-state index contributed by atoms with van der Waals surface area (Å²) in [6.07, 6.45) is 1.62. The third-order valence-corrected chi connectivity index (χ3v) is 6.27. The highest BCUT2D eigenvalue weighted by atomic mass is 32.1. The van der Waals surface area contributed by atoms with E-state index < -0.39 is 0 Å². The average molecular weight is 454 g/mol. The van der Waals surface area contributed by atoms with Crippen LogP contribution in [0.3, 0.4) is 0 Å². The molecule has 1 aliphatic heterocycles. The zero-order chi connectivity index (χ0) is 22.1. The van der Waals surface area contributed by atoms with E-state index in [0.29, 0.717) is 41.7 Å². The van der Waals surface area contributed by atoms with Crippen LogP contribution in [0.2, 0.25) is 0 Å². The van der Waals surface area contributed by atoms with E-state index in [0.717, 1.165) is 22.4 Å². The van der Waals surface area contributed by atoms with Crippen molar-refractivity contribution in [3.8, 4) is 17.0 Å². The van der Waals surface area contributed by atoms with Gasteiger partial charge >= 0.3 is 5.88 Å². The van der Waals surface area contributed by atoms with Gasteiger partial charge in [-0.1, -0.05) is 0 Å². The fraction of sp³-hybridized carbons (Fsp3) is 0.238. The van der Waals surface area contributed by atoms with Crippen LogP contribution in [-0.4, -0.2) is 49.6 Å². The first kappa shape index (κ1) is 20.2. The Morgan fingerprint density at radius 2 is 2.00 bits per heavy atom. The molecule has 5 rings (SSSR count). The number of pyridine rings is 1. The van der Waals surface area contributed by atoms with Crippen molar-refractivity contribution in [1.29, 1.82) is 0 Å². The predicted octanol–water partition coefficient (Wildman–Crippen LogP) is 2.05. The van der Waals surface area contributed by atoms with Crippen molar-refractivity contribution in [2.24, 2.45) is 0 Å². The minimum atomic E-state index is -0.373. The number of carbonyl (C=O) groups is 1. The molecule has 1 aliphatic rings. The van der Waals surface area contributed by atoms with Crippen LogP contribution in [0.1, 0.15) is 9.67 Å². The molecule has 1 saturated heterocycles. The molecule has 0 unspecified atom stereocenters. The number of hydrogen-bond donors (Lipinski definition) is 2. The monoisotopic (exact) mass is 453 g/mol. The second kappa shape index (κ2) is 8.44. The van der Waals surface area contributed by atoms with Crippen LogP contribution < -0.4 is 25.6 Å². The Kier molecular flexibility index (Phi) is 5.33. The SMILES string of the molecule is COc1ccc(-c2ccc3c(N)c(C(=O)Nc4c[n+](N5CCOCC5)no4)sc3n2)cc1. The molecule has 0 radical (unpaired) electrons. The quantitative estimate of drug-likeness (QED) is 0.441. The first-order valence-corrected chi connectivity index (χ1v) is 10.8. The molecule has 0 saturated carbocycles. The van der Waals surface area contributed by atoms with Crippen LogP contribution in [0.5, 0.6) is 5.75 Å². The highest BCUT2D eigenvalue weighted by Gasteiger charge is 2.25. The molecule has 10 nitrogen and oxygen atoms in total. The third-order valence-electron chi connectivity index (χ3n) is 5.16. The summed E-state index contributed by atoms with van der Waals surface area (Å²) < 4.78 is 15.8. The molecule has 0 aliphatic carbocycles. The molecule has 3 N–H and O–H groups in total. The molecule has 0 spiro atoms. The number of thiophene rings is 1. The molecule has 3 aromatic heterocycles. The number of aromatic nitrogens is 3. The van der Waals surface area contributed by atoms with Crippen LogP contribution in [-0.2, 0) is 4.74 Å². The van der Waals surface area contributed by atoms with Gasteiger partial charge in [-0.05, 0) is 36.4 Å². The van der Waals surface area contributed by atoms with Crippen molar-refractivity contribution in [3.05, 3.63) is 47.5 Å². The Hall–Kier alpha value is -3.70. The fourth-order valence-corrected chi connectivity index (χ4v) is 4.43. The number of hydrogen-bond acceptors (Lipinski definition) is 9. The number of ether oxygens (including phenoxy) is 2. The standard InChI is InChI=1S/C21H20N6O4S/c1-29-14-4-2-13(3-5-14)16-7-6-15-18(22)19(32-21(15)23-16)20(28)24-17-12-27(25-31-17)26-8-10-30-11-9-26/h2-7,12H,8-11H2,1H3,(H2-,22,24,25,28)/p+1. The first-order chi connectivity index (χ1) is 15.6. The maximum absolute atomic E-state index is 12.9. The lowest BCUT2D eigenvalue weighted by atomic mass is 10.1.